The van der Waals surface area contributed by atoms with Gasteiger partial charge in [-0.05, 0) is 18.3 Å². The van der Waals surface area contributed by atoms with Crippen LogP contribution in [0.4, 0.5) is 0 Å². The predicted octanol–water partition coefficient (Wildman–Crippen LogP) is -0.210. The average molecular weight is 250 g/mol. The van der Waals surface area contributed by atoms with Gasteiger partial charge in [-0.2, -0.15) is 0 Å². The zero-order valence-corrected chi connectivity index (χ0v) is 10.4. The summed E-state index contributed by atoms with van der Waals surface area (Å²) in [5.74, 6) is -0.454. The van der Waals surface area contributed by atoms with Crippen molar-refractivity contribution in [2.45, 2.75) is 26.2 Å². The lowest BCUT2D eigenvalue weighted by atomic mass is 9.70. The zero-order chi connectivity index (χ0) is 11.3. The van der Waals surface area contributed by atoms with E-state index in [1.54, 1.807) is 0 Å². The van der Waals surface area contributed by atoms with E-state index in [1.807, 2.05) is 0 Å². The molecule has 1 aliphatic rings. The lowest BCUT2D eigenvalue weighted by molar-refractivity contribution is -0.125. The van der Waals surface area contributed by atoms with E-state index in [1.165, 1.54) is 19.3 Å². The van der Waals surface area contributed by atoms with Gasteiger partial charge in [-0.15, -0.1) is 12.4 Å². The molecule has 0 radical (unpaired) electrons. The molecule has 0 bridgehead atoms. The number of rotatable bonds is 5. The summed E-state index contributed by atoms with van der Waals surface area (Å²) in [5, 5.41) is 5.24. The number of halogens is 1. The molecule has 0 heterocycles. The topological polar surface area (TPSA) is 84.2 Å². The normalized spacial score (nSPS) is 16.6. The van der Waals surface area contributed by atoms with Crippen molar-refractivity contribution < 1.29 is 9.59 Å². The van der Waals surface area contributed by atoms with E-state index in [4.69, 9.17) is 5.73 Å². The Morgan fingerprint density at radius 2 is 1.88 bits per heavy atom. The van der Waals surface area contributed by atoms with Gasteiger partial charge in [0, 0.05) is 6.54 Å². The fourth-order valence-electron chi connectivity index (χ4n) is 1.58. The Labute approximate surface area is 102 Å². The molecule has 0 saturated heterocycles. The molecule has 16 heavy (non-hydrogen) atoms. The Hall–Kier alpha value is -0.810. The highest BCUT2D eigenvalue weighted by Crippen LogP contribution is 2.39. The molecule has 0 atom stereocenters. The second kappa shape index (κ2) is 6.70. The van der Waals surface area contributed by atoms with Crippen LogP contribution in [0, 0.1) is 5.41 Å². The highest BCUT2D eigenvalue weighted by Gasteiger charge is 2.31. The van der Waals surface area contributed by atoms with Gasteiger partial charge < -0.3 is 16.4 Å². The molecule has 0 spiro atoms. The summed E-state index contributed by atoms with van der Waals surface area (Å²) >= 11 is 0. The van der Waals surface area contributed by atoms with E-state index in [0.717, 1.165) is 0 Å². The van der Waals surface area contributed by atoms with Crippen LogP contribution in [0.2, 0.25) is 0 Å². The summed E-state index contributed by atoms with van der Waals surface area (Å²) in [4.78, 5) is 22.1. The SMILES string of the molecule is CC1(CNC(=O)CNC(=O)CN)CCC1.Cl. The van der Waals surface area contributed by atoms with E-state index in [2.05, 4.69) is 17.6 Å². The number of nitrogens with one attached hydrogen (secondary N) is 2. The van der Waals surface area contributed by atoms with Crippen molar-refractivity contribution >= 4 is 24.2 Å². The Kier molecular flexibility index (Phi) is 6.36. The van der Waals surface area contributed by atoms with Crippen molar-refractivity contribution in [3.63, 3.8) is 0 Å². The zero-order valence-electron chi connectivity index (χ0n) is 9.54. The first-order chi connectivity index (χ1) is 7.06. The monoisotopic (exact) mass is 249 g/mol. The van der Waals surface area contributed by atoms with Gasteiger partial charge in [-0.3, -0.25) is 9.59 Å². The van der Waals surface area contributed by atoms with E-state index >= 15 is 0 Å². The first-order valence-electron chi connectivity index (χ1n) is 5.29. The molecule has 1 saturated carbocycles. The van der Waals surface area contributed by atoms with Crippen molar-refractivity contribution in [3.8, 4) is 0 Å². The Bertz CT molecular complexity index is 254. The number of nitrogens with two attached hydrogens (primary N) is 1. The standard InChI is InChI=1S/C10H19N3O2.ClH/c1-10(3-2-4-10)7-13-9(15)6-12-8(14)5-11;/h2-7,11H2,1H3,(H,12,14)(H,13,15);1H. The molecule has 0 aromatic heterocycles. The third kappa shape index (κ3) is 4.81. The van der Waals surface area contributed by atoms with Gasteiger partial charge in [0.2, 0.25) is 11.8 Å². The van der Waals surface area contributed by atoms with Gasteiger partial charge in [0.25, 0.3) is 0 Å². The largest absolute Gasteiger partial charge is 0.354 e. The molecule has 0 aromatic rings. The van der Waals surface area contributed by atoms with Gasteiger partial charge in [0.1, 0.15) is 0 Å². The third-order valence-electron chi connectivity index (χ3n) is 2.90. The molecule has 0 aromatic carbocycles. The summed E-state index contributed by atoms with van der Waals surface area (Å²) in [6.45, 7) is 2.80. The lowest BCUT2D eigenvalue weighted by Gasteiger charge is -2.38. The summed E-state index contributed by atoms with van der Waals surface area (Å²) < 4.78 is 0. The lowest BCUT2D eigenvalue weighted by Crippen LogP contribution is -2.44. The Balaban J connectivity index is 0.00000225. The van der Waals surface area contributed by atoms with Crippen molar-refractivity contribution in [2.75, 3.05) is 19.6 Å². The molecule has 1 rings (SSSR count). The number of hydrogen-bond acceptors (Lipinski definition) is 3. The first kappa shape index (κ1) is 15.2. The Morgan fingerprint density at radius 3 is 2.31 bits per heavy atom. The second-order valence-corrected chi connectivity index (χ2v) is 4.42. The van der Waals surface area contributed by atoms with Crippen LogP contribution in [0.25, 0.3) is 0 Å². The van der Waals surface area contributed by atoms with Crippen LogP contribution >= 0.6 is 12.4 Å². The minimum Gasteiger partial charge on any atom is -0.354 e. The van der Waals surface area contributed by atoms with Crippen LogP contribution in [0.15, 0.2) is 0 Å². The quantitative estimate of drug-likeness (QED) is 0.630. The van der Waals surface area contributed by atoms with Crippen molar-refractivity contribution in [2.24, 2.45) is 11.1 Å². The maximum Gasteiger partial charge on any atom is 0.239 e. The maximum absolute atomic E-state index is 11.3. The maximum atomic E-state index is 11.3. The third-order valence-corrected chi connectivity index (χ3v) is 2.90. The average Bonchev–Trinajstić information content (AvgIpc) is 2.20. The minimum atomic E-state index is -0.306. The van der Waals surface area contributed by atoms with Gasteiger partial charge in [-0.25, -0.2) is 0 Å². The molecule has 1 fully saturated rings. The van der Waals surface area contributed by atoms with E-state index in [0.29, 0.717) is 6.54 Å². The van der Waals surface area contributed by atoms with Crippen LogP contribution in [-0.2, 0) is 9.59 Å². The second-order valence-electron chi connectivity index (χ2n) is 4.42. The smallest absolute Gasteiger partial charge is 0.239 e. The molecule has 4 N–H and O–H groups in total. The molecule has 5 nitrogen and oxygen atoms in total. The number of carbonyl (C=O) groups excluding carboxylic acids is 2. The van der Waals surface area contributed by atoms with Crippen LogP contribution in [0.5, 0.6) is 0 Å². The summed E-state index contributed by atoms with van der Waals surface area (Å²) in [6.07, 6.45) is 3.58. The summed E-state index contributed by atoms with van der Waals surface area (Å²) in [6, 6.07) is 0. The minimum absolute atomic E-state index is 0. The number of hydrogen-bond donors (Lipinski definition) is 3. The van der Waals surface area contributed by atoms with E-state index in [-0.39, 0.29) is 42.7 Å². The van der Waals surface area contributed by atoms with Gasteiger partial charge in [-0.1, -0.05) is 13.3 Å². The fraction of sp³-hybridized carbons (Fsp3) is 0.800. The van der Waals surface area contributed by atoms with Crippen molar-refractivity contribution in [1.29, 1.82) is 0 Å². The number of amides is 2. The highest BCUT2D eigenvalue weighted by molar-refractivity contribution is 5.85. The molecule has 0 aliphatic heterocycles. The van der Waals surface area contributed by atoms with Crippen molar-refractivity contribution in [1.82, 2.24) is 10.6 Å². The Morgan fingerprint density at radius 1 is 1.25 bits per heavy atom. The van der Waals surface area contributed by atoms with Gasteiger partial charge in [0.05, 0.1) is 13.1 Å². The van der Waals surface area contributed by atoms with Gasteiger partial charge >= 0.3 is 0 Å². The molecule has 94 valence electrons. The molecule has 0 unspecified atom stereocenters. The fourth-order valence-corrected chi connectivity index (χ4v) is 1.58. The highest BCUT2D eigenvalue weighted by atomic mass is 35.5. The van der Waals surface area contributed by atoms with E-state index in [9.17, 15) is 9.59 Å². The van der Waals surface area contributed by atoms with E-state index < -0.39 is 0 Å². The molecular formula is C10H20ClN3O2. The first-order valence-corrected chi connectivity index (χ1v) is 5.29. The van der Waals surface area contributed by atoms with Crippen LogP contribution < -0.4 is 16.4 Å². The summed E-state index contributed by atoms with van der Waals surface area (Å²) in [7, 11) is 0. The molecular weight excluding hydrogens is 230 g/mol. The van der Waals surface area contributed by atoms with Gasteiger partial charge in [0.15, 0.2) is 0 Å². The van der Waals surface area contributed by atoms with Crippen molar-refractivity contribution in [3.05, 3.63) is 0 Å². The van der Waals surface area contributed by atoms with Crippen LogP contribution in [-0.4, -0.2) is 31.4 Å². The van der Waals surface area contributed by atoms with Crippen LogP contribution in [0.3, 0.4) is 0 Å². The summed E-state index contributed by atoms with van der Waals surface area (Å²) in [5.41, 5.74) is 5.36. The molecule has 6 heteroatoms. The van der Waals surface area contributed by atoms with Crippen LogP contribution in [0.1, 0.15) is 26.2 Å². The molecule has 1 aliphatic carbocycles. The predicted molar refractivity (Wildman–Crippen MR) is 64.3 cm³/mol. The number of carbonyl (C=O) groups is 2. The molecule has 2 amide bonds.